The fourth-order valence-corrected chi connectivity index (χ4v) is 1.81. The van der Waals surface area contributed by atoms with E-state index in [1.165, 1.54) is 0 Å². The van der Waals surface area contributed by atoms with Gasteiger partial charge in [-0.15, -0.1) is 0 Å². The maximum Gasteiger partial charge on any atom is 0.237 e. The molecular weight excluding hydrogens is 210 g/mol. The van der Waals surface area contributed by atoms with E-state index in [0.29, 0.717) is 5.69 Å². The van der Waals surface area contributed by atoms with Crippen molar-refractivity contribution in [1.29, 1.82) is 0 Å². The van der Waals surface area contributed by atoms with Crippen LogP contribution in [0.25, 0.3) is 0 Å². The third-order valence-electron chi connectivity index (χ3n) is 2.20. The number of anilines is 1. The Labute approximate surface area is 91.6 Å². The van der Waals surface area contributed by atoms with Crippen LogP contribution in [-0.2, 0) is 10.0 Å². The molecule has 0 radical (unpaired) electrons. The van der Waals surface area contributed by atoms with Crippen molar-refractivity contribution in [1.82, 2.24) is 0 Å². The molecule has 1 aromatic carbocycles. The summed E-state index contributed by atoms with van der Waals surface area (Å²) in [7, 11) is -3.32. The van der Waals surface area contributed by atoms with Crippen LogP contribution in [-0.4, -0.2) is 13.2 Å². The first-order valence-corrected chi connectivity index (χ1v) is 6.30. The van der Waals surface area contributed by atoms with Gasteiger partial charge in [-0.3, -0.25) is 4.72 Å². The van der Waals surface area contributed by atoms with Gasteiger partial charge in [0, 0.05) is 0 Å². The number of sulfonamides is 1. The Hall–Kier alpha value is -1.03. The monoisotopic (exact) mass is 227 g/mol. The summed E-state index contributed by atoms with van der Waals surface area (Å²) in [6, 6.07) is 7.33. The molecule has 0 aromatic heterocycles. The molecule has 15 heavy (non-hydrogen) atoms. The molecule has 0 unspecified atom stereocenters. The number of hydrogen-bond acceptors (Lipinski definition) is 2. The minimum Gasteiger partial charge on any atom is -0.283 e. The van der Waals surface area contributed by atoms with Gasteiger partial charge in [0.1, 0.15) is 0 Å². The summed E-state index contributed by atoms with van der Waals surface area (Å²) in [4.78, 5) is 0. The van der Waals surface area contributed by atoms with Crippen LogP contribution >= 0.6 is 0 Å². The molecule has 84 valence electrons. The summed E-state index contributed by atoms with van der Waals surface area (Å²) in [5.74, 6) is 0. The molecule has 0 spiro atoms. The van der Waals surface area contributed by atoms with Crippen molar-refractivity contribution >= 4 is 15.7 Å². The van der Waals surface area contributed by atoms with Crippen molar-refractivity contribution in [2.24, 2.45) is 0 Å². The Bertz CT molecular complexity index is 444. The zero-order valence-corrected chi connectivity index (χ0v) is 10.4. The number of aryl methyl sites for hydroxylation is 1. The highest BCUT2D eigenvalue weighted by Gasteiger charge is 2.29. The number of hydrogen-bond donors (Lipinski definition) is 1. The molecule has 0 saturated heterocycles. The summed E-state index contributed by atoms with van der Waals surface area (Å²) < 4.78 is 25.5. The fourth-order valence-electron chi connectivity index (χ4n) is 0.985. The van der Waals surface area contributed by atoms with Crippen LogP contribution in [0.3, 0.4) is 0 Å². The first-order chi connectivity index (χ1) is 6.74. The average Bonchev–Trinajstić information content (AvgIpc) is 2.06. The van der Waals surface area contributed by atoms with E-state index in [9.17, 15) is 8.42 Å². The lowest BCUT2D eigenvalue weighted by Gasteiger charge is -2.21. The summed E-state index contributed by atoms with van der Waals surface area (Å²) in [6.45, 7) is 6.90. The van der Waals surface area contributed by atoms with E-state index in [1.54, 1.807) is 26.8 Å². The van der Waals surface area contributed by atoms with Crippen LogP contribution in [0.5, 0.6) is 0 Å². The summed E-state index contributed by atoms with van der Waals surface area (Å²) in [6.07, 6.45) is 0. The molecule has 0 heterocycles. The van der Waals surface area contributed by atoms with Gasteiger partial charge in [-0.25, -0.2) is 8.42 Å². The standard InChI is InChI=1S/C11H17NO2S/c1-9-7-5-6-8-10(9)12-15(13,14)11(2,3)4/h5-8,12H,1-4H3. The van der Waals surface area contributed by atoms with Gasteiger partial charge in [-0.05, 0) is 39.3 Å². The van der Waals surface area contributed by atoms with Crippen molar-refractivity contribution in [2.45, 2.75) is 32.4 Å². The van der Waals surface area contributed by atoms with Crippen LogP contribution in [0.2, 0.25) is 0 Å². The Morgan fingerprint density at radius 2 is 1.67 bits per heavy atom. The molecule has 1 N–H and O–H groups in total. The van der Waals surface area contributed by atoms with Gasteiger partial charge < -0.3 is 0 Å². The summed E-state index contributed by atoms with van der Waals surface area (Å²) in [5.41, 5.74) is 1.57. The van der Waals surface area contributed by atoms with Crippen molar-refractivity contribution in [2.75, 3.05) is 4.72 Å². The Kier molecular flexibility index (Phi) is 3.09. The predicted molar refractivity (Wildman–Crippen MR) is 63.5 cm³/mol. The molecule has 4 heteroatoms. The second kappa shape index (κ2) is 3.85. The molecule has 0 saturated carbocycles. The molecular formula is C11H17NO2S. The van der Waals surface area contributed by atoms with Crippen molar-refractivity contribution in [3.63, 3.8) is 0 Å². The first kappa shape index (κ1) is 12.0. The molecule has 1 rings (SSSR count). The lowest BCUT2D eigenvalue weighted by Crippen LogP contribution is -2.33. The van der Waals surface area contributed by atoms with E-state index in [1.807, 2.05) is 25.1 Å². The van der Waals surface area contributed by atoms with Crippen LogP contribution < -0.4 is 4.72 Å². The predicted octanol–water partition coefficient (Wildman–Crippen LogP) is 2.54. The SMILES string of the molecule is Cc1ccccc1NS(=O)(=O)C(C)(C)C. The number of para-hydroxylation sites is 1. The van der Waals surface area contributed by atoms with Gasteiger partial charge in [0.05, 0.1) is 10.4 Å². The topological polar surface area (TPSA) is 46.2 Å². The smallest absolute Gasteiger partial charge is 0.237 e. The third-order valence-corrected chi connectivity index (χ3v) is 4.30. The highest BCUT2D eigenvalue weighted by molar-refractivity contribution is 7.94. The van der Waals surface area contributed by atoms with Crippen LogP contribution in [0.4, 0.5) is 5.69 Å². The van der Waals surface area contributed by atoms with Gasteiger partial charge in [0.2, 0.25) is 10.0 Å². The Morgan fingerprint density at radius 3 is 2.13 bits per heavy atom. The van der Waals surface area contributed by atoms with Gasteiger partial charge in [-0.2, -0.15) is 0 Å². The molecule has 1 aromatic rings. The molecule has 0 fully saturated rings. The molecule has 0 aliphatic rings. The Balaban J connectivity index is 3.03. The minimum atomic E-state index is -3.32. The van der Waals surface area contributed by atoms with E-state index in [2.05, 4.69) is 4.72 Å². The van der Waals surface area contributed by atoms with E-state index < -0.39 is 14.8 Å². The van der Waals surface area contributed by atoms with E-state index in [0.717, 1.165) is 5.56 Å². The maximum absolute atomic E-state index is 11.9. The number of benzene rings is 1. The second-order valence-corrected chi connectivity index (χ2v) is 6.97. The van der Waals surface area contributed by atoms with Crippen molar-refractivity contribution in [3.8, 4) is 0 Å². The zero-order chi connectivity index (χ0) is 11.7. The van der Waals surface area contributed by atoms with E-state index in [-0.39, 0.29) is 0 Å². The maximum atomic E-state index is 11.9. The van der Waals surface area contributed by atoms with Gasteiger partial charge in [0.15, 0.2) is 0 Å². The first-order valence-electron chi connectivity index (χ1n) is 4.82. The molecule has 0 atom stereocenters. The van der Waals surface area contributed by atoms with Crippen LogP contribution in [0, 0.1) is 6.92 Å². The summed E-state index contributed by atoms with van der Waals surface area (Å²) in [5, 5.41) is 0. The fraction of sp³-hybridized carbons (Fsp3) is 0.455. The molecule has 0 aliphatic heterocycles. The van der Waals surface area contributed by atoms with Crippen LogP contribution in [0.15, 0.2) is 24.3 Å². The second-order valence-electron chi connectivity index (χ2n) is 4.53. The largest absolute Gasteiger partial charge is 0.283 e. The van der Waals surface area contributed by atoms with Crippen molar-refractivity contribution in [3.05, 3.63) is 29.8 Å². The minimum absolute atomic E-state index is 0.646. The molecule has 3 nitrogen and oxygen atoms in total. The van der Waals surface area contributed by atoms with Gasteiger partial charge in [-0.1, -0.05) is 18.2 Å². The number of rotatable bonds is 2. The average molecular weight is 227 g/mol. The quantitative estimate of drug-likeness (QED) is 0.844. The third kappa shape index (κ3) is 2.72. The molecule has 0 amide bonds. The highest BCUT2D eigenvalue weighted by atomic mass is 32.2. The zero-order valence-electron chi connectivity index (χ0n) is 9.53. The van der Waals surface area contributed by atoms with Gasteiger partial charge >= 0.3 is 0 Å². The van der Waals surface area contributed by atoms with E-state index in [4.69, 9.17) is 0 Å². The Morgan fingerprint density at radius 1 is 1.13 bits per heavy atom. The lowest BCUT2D eigenvalue weighted by atomic mass is 10.2. The molecule has 0 bridgehead atoms. The number of nitrogens with one attached hydrogen (secondary N) is 1. The van der Waals surface area contributed by atoms with Crippen molar-refractivity contribution < 1.29 is 8.42 Å². The summed E-state index contributed by atoms with van der Waals surface area (Å²) >= 11 is 0. The molecule has 0 aliphatic carbocycles. The van der Waals surface area contributed by atoms with Gasteiger partial charge in [0.25, 0.3) is 0 Å². The normalized spacial score (nSPS) is 12.5. The lowest BCUT2D eigenvalue weighted by molar-refractivity contribution is 0.566. The van der Waals surface area contributed by atoms with Crippen LogP contribution in [0.1, 0.15) is 26.3 Å². The van der Waals surface area contributed by atoms with E-state index >= 15 is 0 Å². The highest BCUT2D eigenvalue weighted by Crippen LogP contribution is 2.21.